The van der Waals surface area contributed by atoms with Crippen molar-refractivity contribution in [1.29, 1.82) is 0 Å². The van der Waals surface area contributed by atoms with Crippen LogP contribution in [0.15, 0.2) is 24.3 Å². The maximum atomic E-state index is 5.88. The van der Waals surface area contributed by atoms with E-state index in [4.69, 9.17) is 9.31 Å². The Labute approximate surface area is 109 Å². The van der Waals surface area contributed by atoms with Gasteiger partial charge in [-0.05, 0) is 46.2 Å². The summed E-state index contributed by atoms with van der Waals surface area (Å²) in [5, 5.41) is 0. The quantitative estimate of drug-likeness (QED) is 0.750. The third kappa shape index (κ3) is 2.65. The molecule has 0 bridgehead atoms. The van der Waals surface area contributed by atoms with Crippen molar-refractivity contribution in [1.82, 2.24) is 4.98 Å². The van der Waals surface area contributed by atoms with Gasteiger partial charge in [-0.2, -0.15) is 0 Å². The molecule has 0 N–H and O–H groups in total. The first-order valence-electron chi connectivity index (χ1n) is 6.27. The van der Waals surface area contributed by atoms with Gasteiger partial charge in [0.15, 0.2) is 0 Å². The Bertz CT molecular complexity index is 435. The predicted octanol–water partition coefficient (Wildman–Crippen LogP) is 3.03. The van der Waals surface area contributed by atoms with Gasteiger partial charge in [-0.3, -0.25) is 4.98 Å². The Morgan fingerprint density at radius 1 is 1.11 bits per heavy atom. The SMILES string of the molecule is Cc1ccc(/C=C/B2OC(C)(C)C(C)(C)O2)cn1. The molecule has 3 nitrogen and oxygen atoms in total. The van der Waals surface area contributed by atoms with Gasteiger partial charge in [-0.1, -0.05) is 18.1 Å². The number of aryl methyl sites for hydroxylation is 1. The van der Waals surface area contributed by atoms with Gasteiger partial charge in [-0.25, -0.2) is 0 Å². The lowest BCUT2D eigenvalue weighted by Gasteiger charge is -2.32. The minimum Gasteiger partial charge on any atom is -0.400 e. The molecule has 1 aliphatic heterocycles. The summed E-state index contributed by atoms with van der Waals surface area (Å²) in [7, 11) is -0.295. The van der Waals surface area contributed by atoms with Gasteiger partial charge < -0.3 is 9.31 Å². The third-order valence-electron chi connectivity index (χ3n) is 3.65. The third-order valence-corrected chi connectivity index (χ3v) is 3.65. The lowest BCUT2D eigenvalue weighted by atomic mass is 9.89. The maximum absolute atomic E-state index is 5.88. The highest BCUT2D eigenvalue weighted by Crippen LogP contribution is 2.36. The second kappa shape index (κ2) is 4.52. The van der Waals surface area contributed by atoms with Gasteiger partial charge in [0, 0.05) is 11.9 Å². The molecule has 0 unspecified atom stereocenters. The zero-order valence-corrected chi connectivity index (χ0v) is 11.7. The number of hydrogen-bond acceptors (Lipinski definition) is 3. The number of hydrogen-bond donors (Lipinski definition) is 0. The molecule has 2 heterocycles. The van der Waals surface area contributed by atoms with E-state index in [1.165, 1.54) is 0 Å². The number of nitrogens with zero attached hydrogens (tertiary/aromatic N) is 1. The van der Waals surface area contributed by atoms with E-state index in [2.05, 4.69) is 4.98 Å². The summed E-state index contributed by atoms with van der Waals surface area (Å²) in [6.45, 7) is 10.2. The summed E-state index contributed by atoms with van der Waals surface area (Å²) in [5.41, 5.74) is 1.50. The average molecular weight is 245 g/mol. The largest absolute Gasteiger partial charge is 0.487 e. The molecule has 0 aliphatic carbocycles. The monoisotopic (exact) mass is 245 g/mol. The number of pyridine rings is 1. The van der Waals surface area contributed by atoms with E-state index in [9.17, 15) is 0 Å². The van der Waals surface area contributed by atoms with E-state index in [-0.39, 0.29) is 18.3 Å². The minimum absolute atomic E-state index is 0.284. The van der Waals surface area contributed by atoms with Crippen LogP contribution in [0.3, 0.4) is 0 Å². The molecule has 1 fully saturated rings. The molecule has 0 amide bonds. The van der Waals surface area contributed by atoms with E-state index in [1.807, 2.05) is 65.0 Å². The summed E-state index contributed by atoms with van der Waals surface area (Å²) in [4.78, 5) is 4.25. The van der Waals surface area contributed by atoms with E-state index >= 15 is 0 Å². The second-order valence-electron chi connectivity index (χ2n) is 5.72. The zero-order chi connectivity index (χ0) is 13.4. The summed E-state index contributed by atoms with van der Waals surface area (Å²) in [6, 6.07) is 4.02. The van der Waals surface area contributed by atoms with Crippen LogP contribution in [0.5, 0.6) is 0 Å². The first kappa shape index (κ1) is 13.3. The van der Waals surface area contributed by atoms with Crippen molar-refractivity contribution in [2.75, 3.05) is 0 Å². The molecule has 0 radical (unpaired) electrons. The van der Waals surface area contributed by atoms with Crippen LogP contribution in [0.2, 0.25) is 0 Å². The first-order chi connectivity index (χ1) is 8.30. The topological polar surface area (TPSA) is 31.4 Å². The molecule has 0 aromatic carbocycles. The normalized spacial score (nSPS) is 21.7. The molecular formula is C14H20BNO2. The molecule has 1 saturated heterocycles. The van der Waals surface area contributed by atoms with E-state index in [0.717, 1.165) is 11.3 Å². The van der Waals surface area contributed by atoms with Crippen LogP contribution in [-0.2, 0) is 9.31 Å². The van der Waals surface area contributed by atoms with Crippen LogP contribution < -0.4 is 0 Å². The Hall–Kier alpha value is -1.13. The van der Waals surface area contributed by atoms with Crippen molar-refractivity contribution >= 4 is 13.2 Å². The summed E-state index contributed by atoms with van der Waals surface area (Å²) in [6.07, 6.45) is 3.83. The highest BCUT2D eigenvalue weighted by Gasteiger charge is 2.49. The summed E-state index contributed by atoms with van der Waals surface area (Å²) < 4.78 is 11.8. The molecule has 4 heteroatoms. The summed E-state index contributed by atoms with van der Waals surface area (Å²) in [5.74, 6) is 1.93. The standard InChI is InChI=1S/C14H20BNO2/c1-11-6-7-12(10-16-11)8-9-15-17-13(2,3)14(4,5)18-15/h6-10H,1-5H3/b9-8+. The zero-order valence-electron chi connectivity index (χ0n) is 11.7. The Morgan fingerprint density at radius 3 is 2.22 bits per heavy atom. The second-order valence-corrected chi connectivity index (χ2v) is 5.72. The molecule has 1 aliphatic rings. The van der Waals surface area contributed by atoms with Crippen LogP contribution in [0, 0.1) is 6.92 Å². The van der Waals surface area contributed by atoms with Crippen molar-refractivity contribution in [3.8, 4) is 0 Å². The van der Waals surface area contributed by atoms with Gasteiger partial charge in [0.25, 0.3) is 0 Å². The molecule has 0 atom stereocenters. The first-order valence-corrected chi connectivity index (χ1v) is 6.27. The van der Waals surface area contributed by atoms with E-state index in [0.29, 0.717) is 0 Å². The van der Waals surface area contributed by atoms with Crippen molar-refractivity contribution < 1.29 is 9.31 Å². The predicted molar refractivity (Wildman–Crippen MR) is 74.1 cm³/mol. The van der Waals surface area contributed by atoms with Crippen LogP contribution in [-0.4, -0.2) is 23.3 Å². The van der Waals surface area contributed by atoms with Crippen LogP contribution >= 0.6 is 0 Å². The molecule has 18 heavy (non-hydrogen) atoms. The smallest absolute Gasteiger partial charge is 0.400 e. The van der Waals surface area contributed by atoms with E-state index in [1.54, 1.807) is 0 Å². The fraction of sp³-hybridized carbons (Fsp3) is 0.500. The Balaban J connectivity index is 2.06. The Kier molecular flexibility index (Phi) is 3.34. The lowest BCUT2D eigenvalue weighted by molar-refractivity contribution is 0.00578. The molecule has 1 aromatic rings. The maximum Gasteiger partial charge on any atom is 0.487 e. The highest BCUT2D eigenvalue weighted by molar-refractivity contribution is 6.52. The van der Waals surface area contributed by atoms with Crippen LogP contribution in [0.4, 0.5) is 0 Å². The minimum atomic E-state index is -0.295. The van der Waals surface area contributed by atoms with Crippen molar-refractivity contribution in [3.63, 3.8) is 0 Å². The van der Waals surface area contributed by atoms with Gasteiger partial charge >= 0.3 is 7.12 Å². The lowest BCUT2D eigenvalue weighted by Crippen LogP contribution is -2.41. The Morgan fingerprint density at radius 2 is 1.72 bits per heavy atom. The fourth-order valence-corrected chi connectivity index (χ4v) is 1.73. The fourth-order valence-electron chi connectivity index (χ4n) is 1.73. The van der Waals surface area contributed by atoms with Crippen molar-refractivity contribution in [3.05, 3.63) is 35.6 Å². The van der Waals surface area contributed by atoms with Gasteiger partial charge in [0.1, 0.15) is 0 Å². The molecule has 1 aromatic heterocycles. The highest BCUT2D eigenvalue weighted by atomic mass is 16.7. The van der Waals surface area contributed by atoms with Crippen molar-refractivity contribution in [2.45, 2.75) is 45.8 Å². The van der Waals surface area contributed by atoms with Gasteiger partial charge in [0.05, 0.1) is 11.2 Å². The van der Waals surface area contributed by atoms with Gasteiger partial charge in [0.2, 0.25) is 0 Å². The summed E-state index contributed by atoms with van der Waals surface area (Å²) >= 11 is 0. The van der Waals surface area contributed by atoms with Crippen molar-refractivity contribution in [2.24, 2.45) is 0 Å². The molecule has 2 rings (SSSR count). The molecular weight excluding hydrogens is 225 g/mol. The molecule has 0 saturated carbocycles. The number of rotatable bonds is 2. The molecule has 96 valence electrons. The van der Waals surface area contributed by atoms with E-state index < -0.39 is 0 Å². The number of aromatic nitrogens is 1. The average Bonchev–Trinajstić information content (AvgIpc) is 2.47. The molecule has 0 spiro atoms. The van der Waals surface area contributed by atoms with Gasteiger partial charge in [-0.15, -0.1) is 0 Å². The van der Waals surface area contributed by atoms with Crippen LogP contribution in [0.1, 0.15) is 39.0 Å². The van der Waals surface area contributed by atoms with Crippen LogP contribution in [0.25, 0.3) is 6.08 Å².